The number of nitrogens with zero attached hydrogens (tertiary/aromatic N) is 1. The third-order valence-corrected chi connectivity index (χ3v) is 7.96. The van der Waals surface area contributed by atoms with Crippen molar-refractivity contribution in [2.75, 3.05) is 0 Å². The molecule has 3 aliphatic rings. The molecule has 0 saturated heterocycles. The second-order valence-corrected chi connectivity index (χ2v) is 10.3. The fourth-order valence-corrected chi connectivity index (χ4v) is 6.08. The summed E-state index contributed by atoms with van der Waals surface area (Å²) in [5, 5.41) is 0. The lowest BCUT2D eigenvalue weighted by molar-refractivity contribution is -0.116. The van der Waals surface area contributed by atoms with E-state index in [0.29, 0.717) is 23.3 Å². The van der Waals surface area contributed by atoms with Crippen LogP contribution in [0.15, 0.2) is 0 Å². The number of H-pyrrole nitrogens is 1. The lowest BCUT2D eigenvalue weighted by Crippen LogP contribution is -2.27. The number of carbonyl (C=O) groups excluding carboxylic acids is 1. The third kappa shape index (κ3) is 5.98. The van der Waals surface area contributed by atoms with Gasteiger partial charge in [0.05, 0.1) is 11.4 Å². The van der Waals surface area contributed by atoms with Crippen molar-refractivity contribution >= 4 is 13.0 Å². The topological polar surface area (TPSA) is 45.8 Å². The second-order valence-electron chi connectivity index (χ2n) is 10.3. The molecule has 1 atom stereocenters. The smallest absolute Gasteiger partial charge is 0.209 e. The number of imidazole rings is 1. The average Bonchev–Trinajstić information content (AvgIpc) is 3.15. The monoisotopic (exact) mass is 396 g/mol. The highest BCUT2D eigenvalue weighted by Gasteiger charge is 2.29. The Morgan fingerprint density at radius 1 is 0.793 bits per heavy atom. The highest BCUT2D eigenvalue weighted by molar-refractivity contribution is 6.75. The molecule has 3 nitrogen and oxygen atoms in total. The van der Waals surface area contributed by atoms with Gasteiger partial charge < -0.3 is 9.78 Å². The van der Waals surface area contributed by atoms with E-state index in [0.717, 1.165) is 39.4 Å². The molecule has 0 aliphatic heterocycles. The lowest BCUT2D eigenvalue weighted by Gasteiger charge is -2.23. The van der Waals surface area contributed by atoms with Crippen LogP contribution in [0.5, 0.6) is 0 Å². The first-order valence-corrected chi connectivity index (χ1v) is 12.9. The van der Waals surface area contributed by atoms with Gasteiger partial charge in [0.15, 0.2) is 0 Å². The van der Waals surface area contributed by atoms with Crippen molar-refractivity contribution in [1.29, 1.82) is 0 Å². The minimum Gasteiger partial charge on any atom is -0.345 e. The normalized spacial score (nSPS) is 25.7. The molecule has 0 bridgehead atoms. The minimum absolute atomic E-state index is 0.355. The van der Waals surface area contributed by atoms with Gasteiger partial charge in [0, 0.05) is 17.5 Å². The van der Waals surface area contributed by atoms with Gasteiger partial charge in [-0.05, 0) is 38.5 Å². The molecule has 0 amide bonds. The van der Waals surface area contributed by atoms with E-state index in [1.54, 1.807) is 0 Å². The molecule has 2 saturated carbocycles. The second kappa shape index (κ2) is 10.8. The summed E-state index contributed by atoms with van der Waals surface area (Å²) >= 11 is 0. The molecule has 29 heavy (non-hydrogen) atoms. The van der Waals surface area contributed by atoms with E-state index in [9.17, 15) is 4.79 Å². The van der Waals surface area contributed by atoms with Crippen LogP contribution in [0, 0.1) is 5.92 Å². The first kappa shape index (κ1) is 21.2. The molecule has 1 aromatic heterocycles. The Balaban J connectivity index is 1.34. The minimum atomic E-state index is 0.355. The van der Waals surface area contributed by atoms with E-state index in [4.69, 9.17) is 4.98 Å². The number of aromatic nitrogens is 2. The highest BCUT2D eigenvalue weighted by Crippen LogP contribution is 2.34. The molecular formula is C25H41BN2O. The quantitative estimate of drug-likeness (QED) is 0.613. The van der Waals surface area contributed by atoms with Crippen LogP contribution < -0.4 is 0 Å². The van der Waals surface area contributed by atoms with Gasteiger partial charge in [-0.25, -0.2) is 4.98 Å². The number of aryl methyl sites for hydroxylation is 1. The largest absolute Gasteiger partial charge is 0.345 e. The molecule has 4 rings (SSSR count). The summed E-state index contributed by atoms with van der Waals surface area (Å²) in [6.45, 7) is 0. The van der Waals surface area contributed by atoms with Crippen LogP contribution in [0.25, 0.3) is 0 Å². The molecule has 0 radical (unpaired) electrons. The molecule has 1 unspecified atom stereocenters. The summed E-state index contributed by atoms with van der Waals surface area (Å²) < 4.78 is 0. The fourth-order valence-electron chi connectivity index (χ4n) is 6.08. The predicted octanol–water partition coefficient (Wildman–Crippen LogP) is 6.23. The van der Waals surface area contributed by atoms with E-state index >= 15 is 0 Å². The van der Waals surface area contributed by atoms with E-state index < -0.39 is 0 Å². The van der Waals surface area contributed by atoms with Gasteiger partial charge in [0.25, 0.3) is 0 Å². The van der Waals surface area contributed by atoms with Gasteiger partial charge in [-0.15, -0.1) is 0 Å². The van der Waals surface area contributed by atoms with Gasteiger partial charge in [-0.3, -0.25) is 0 Å². The maximum atomic E-state index is 13.0. The van der Waals surface area contributed by atoms with Gasteiger partial charge >= 0.3 is 0 Å². The van der Waals surface area contributed by atoms with Crippen molar-refractivity contribution in [3.8, 4) is 0 Å². The van der Waals surface area contributed by atoms with Crippen LogP contribution >= 0.6 is 0 Å². The van der Waals surface area contributed by atoms with Crippen LogP contribution in [-0.4, -0.2) is 22.9 Å². The standard InChI is InChI=1S/C25H41BN2O/c29-24(19-12-8-6-3-7-9-13-19)26-21-16-17-22-23(18-21)28-25(27-22)20-14-10-4-1-2-5-11-15-20/h19-21,26H,1-18H2,(H,27,28). The summed E-state index contributed by atoms with van der Waals surface area (Å²) in [6, 6.07) is 0. The zero-order valence-corrected chi connectivity index (χ0v) is 18.5. The number of hydrogen-bond donors (Lipinski definition) is 1. The molecule has 1 N–H and O–H groups in total. The van der Waals surface area contributed by atoms with Gasteiger partial charge in [-0.2, -0.15) is 0 Å². The number of nitrogens with one attached hydrogen (secondary N) is 1. The molecule has 0 spiro atoms. The van der Waals surface area contributed by atoms with Crippen LogP contribution in [0.3, 0.4) is 0 Å². The average molecular weight is 396 g/mol. The Morgan fingerprint density at radius 3 is 2.03 bits per heavy atom. The van der Waals surface area contributed by atoms with Gasteiger partial charge in [0.2, 0.25) is 7.28 Å². The maximum absolute atomic E-state index is 13.0. The third-order valence-electron chi connectivity index (χ3n) is 7.96. The van der Waals surface area contributed by atoms with Crippen molar-refractivity contribution in [3.05, 3.63) is 17.2 Å². The number of aromatic amines is 1. The molecular weight excluding hydrogens is 355 g/mol. The summed E-state index contributed by atoms with van der Waals surface area (Å²) in [5.74, 6) is 2.79. The van der Waals surface area contributed by atoms with Crippen molar-refractivity contribution in [2.24, 2.45) is 5.92 Å². The van der Waals surface area contributed by atoms with Crippen LogP contribution in [0.1, 0.15) is 126 Å². The summed E-state index contributed by atoms with van der Waals surface area (Å²) in [6.07, 6.45) is 23.0. The zero-order chi connectivity index (χ0) is 19.9. The summed E-state index contributed by atoms with van der Waals surface area (Å²) in [4.78, 5) is 21.8. The van der Waals surface area contributed by atoms with E-state index in [1.165, 1.54) is 101 Å². The lowest BCUT2D eigenvalue weighted by atomic mass is 9.53. The van der Waals surface area contributed by atoms with Crippen LogP contribution in [0.2, 0.25) is 5.82 Å². The van der Waals surface area contributed by atoms with Crippen LogP contribution in [-0.2, 0) is 17.6 Å². The van der Waals surface area contributed by atoms with Gasteiger partial charge in [0.1, 0.15) is 5.82 Å². The number of hydrogen-bond acceptors (Lipinski definition) is 2. The molecule has 3 aliphatic carbocycles. The molecule has 1 aromatic rings. The molecule has 160 valence electrons. The summed E-state index contributed by atoms with van der Waals surface area (Å²) in [5.41, 5.74) is 3.24. The van der Waals surface area contributed by atoms with Crippen molar-refractivity contribution < 1.29 is 4.79 Å². The zero-order valence-electron chi connectivity index (χ0n) is 18.5. The highest BCUT2D eigenvalue weighted by atomic mass is 16.1. The van der Waals surface area contributed by atoms with Crippen LogP contribution in [0.4, 0.5) is 0 Å². The van der Waals surface area contributed by atoms with Crippen molar-refractivity contribution in [1.82, 2.24) is 9.97 Å². The van der Waals surface area contributed by atoms with E-state index in [1.807, 2.05) is 0 Å². The Bertz CT molecular complexity index is 637. The number of carbonyl (C=O) groups is 1. The van der Waals surface area contributed by atoms with Crippen molar-refractivity contribution in [2.45, 2.75) is 127 Å². The van der Waals surface area contributed by atoms with Crippen molar-refractivity contribution in [3.63, 3.8) is 0 Å². The first-order chi connectivity index (χ1) is 14.3. The Hall–Kier alpha value is -1.06. The molecule has 1 heterocycles. The maximum Gasteiger partial charge on any atom is 0.209 e. The van der Waals surface area contributed by atoms with E-state index in [2.05, 4.69) is 4.98 Å². The number of fused-ring (bicyclic) bond motifs is 1. The predicted molar refractivity (Wildman–Crippen MR) is 122 cm³/mol. The Kier molecular flexibility index (Phi) is 7.90. The number of rotatable bonds is 4. The van der Waals surface area contributed by atoms with Gasteiger partial charge in [-0.1, -0.05) is 82.9 Å². The fraction of sp³-hybridized carbons (Fsp3) is 0.840. The first-order valence-electron chi connectivity index (χ1n) is 12.9. The molecule has 0 aromatic carbocycles. The summed E-state index contributed by atoms with van der Waals surface area (Å²) in [7, 11) is 0.807. The molecule has 2 fully saturated rings. The Labute approximate surface area is 178 Å². The SMILES string of the molecule is O=C(BC1CCc2nc(C3CCCCCCCC3)[nH]c2C1)C1CCCCCCC1. The van der Waals surface area contributed by atoms with E-state index in [-0.39, 0.29) is 0 Å². The Morgan fingerprint density at radius 2 is 1.38 bits per heavy atom. The molecule has 4 heteroatoms.